The molecule has 3 N–H and O–H groups in total. The number of aryl methyl sites for hydroxylation is 1. The summed E-state index contributed by atoms with van der Waals surface area (Å²) in [5.74, 6) is -2.18. The molecular weight excluding hydrogens is 469 g/mol. The third-order valence-electron chi connectivity index (χ3n) is 5.45. The predicted octanol–water partition coefficient (Wildman–Crippen LogP) is 2.17. The Hall–Kier alpha value is -2.27. The van der Waals surface area contributed by atoms with E-state index in [4.69, 9.17) is 27.7 Å². The summed E-state index contributed by atoms with van der Waals surface area (Å²) in [6.07, 6.45) is 0. The number of β-lactam (4-membered cyclic amide) rings is 1. The first-order chi connectivity index (χ1) is 14.6. The highest BCUT2D eigenvalue weighted by Crippen LogP contribution is 2.51. The van der Waals surface area contributed by atoms with E-state index in [9.17, 15) is 24.6 Å². The van der Waals surface area contributed by atoms with Gasteiger partial charge in [-0.1, -0.05) is 34.4 Å². The quantitative estimate of drug-likeness (QED) is 0.548. The maximum atomic E-state index is 13.1. The van der Waals surface area contributed by atoms with Crippen LogP contribution in [0.15, 0.2) is 22.7 Å². The fraction of sp³-hybridized carbons (Fsp3) is 0.368. The van der Waals surface area contributed by atoms with Gasteiger partial charge in [-0.25, -0.2) is 4.79 Å². The number of aliphatic hydroxyl groups excluding tert-OH is 1. The van der Waals surface area contributed by atoms with Crippen molar-refractivity contribution < 1.29 is 29.1 Å². The lowest BCUT2D eigenvalue weighted by Gasteiger charge is -2.43. The number of fused-ring (bicyclic) bond motifs is 1. The molecule has 0 saturated carbocycles. The number of halogens is 2. The first kappa shape index (κ1) is 21.9. The standard InChI is InChI=1S/C19H17Cl2N3O6S/c1-7-10(12(23-30-7)11-8(20)4-3-5-9(11)21)15(26)22-13-16(27)24-14(18(28)29)19(2,6-25)31-17(13)24/h3-5,13-14,17,25H,6H2,1-2H3,(H,22,26)(H,28,29)/t13-,14+,17-,19?/m1/s1. The Morgan fingerprint density at radius 3 is 2.58 bits per heavy atom. The second-order valence-electron chi connectivity index (χ2n) is 7.48. The fourth-order valence-electron chi connectivity index (χ4n) is 3.90. The van der Waals surface area contributed by atoms with Gasteiger partial charge in [0.25, 0.3) is 5.91 Å². The van der Waals surface area contributed by atoms with Gasteiger partial charge in [0.15, 0.2) is 0 Å². The Kier molecular flexibility index (Phi) is 5.45. The Morgan fingerprint density at radius 2 is 2.00 bits per heavy atom. The summed E-state index contributed by atoms with van der Waals surface area (Å²) in [6, 6.07) is 2.69. The molecule has 2 aliphatic heterocycles. The minimum Gasteiger partial charge on any atom is -0.480 e. The number of aromatic nitrogens is 1. The number of aliphatic carboxylic acids is 1. The Morgan fingerprint density at radius 1 is 1.35 bits per heavy atom. The van der Waals surface area contributed by atoms with Crippen molar-refractivity contribution in [2.24, 2.45) is 0 Å². The van der Waals surface area contributed by atoms with Gasteiger partial charge in [-0.15, -0.1) is 11.8 Å². The minimum atomic E-state index is -1.21. The molecule has 0 aliphatic carbocycles. The van der Waals surface area contributed by atoms with E-state index in [-0.39, 0.29) is 27.1 Å². The van der Waals surface area contributed by atoms with E-state index >= 15 is 0 Å². The number of carboxylic acids is 1. The number of carbonyl (C=O) groups excluding carboxylic acids is 2. The second kappa shape index (κ2) is 7.70. The number of carbonyl (C=O) groups is 3. The van der Waals surface area contributed by atoms with Gasteiger partial charge in [0.1, 0.15) is 34.5 Å². The van der Waals surface area contributed by atoms with Crippen LogP contribution in [0.1, 0.15) is 23.0 Å². The summed E-state index contributed by atoms with van der Waals surface area (Å²) in [4.78, 5) is 38.6. The number of nitrogens with one attached hydrogen (secondary N) is 1. The van der Waals surface area contributed by atoms with Crippen LogP contribution in [0.25, 0.3) is 11.3 Å². The van der Waals surface area contributed by atoms with Crippen molar-refractivity contribution in [1.82, 2.24) is 15.4 Å². The highest BCUT2D eigenvalue weighted by Gasteiger charge is 2.65. The molecule has 12 heteroatoms. The van der Waals surface area contributed by atoms with Crippen LogP contribution in [0.3, 0.4) is 0 Å². The number of hydrogen-bond acceptors (Lipinski definition) is 7. The number of nitrogens with zero attached hydrogens (tertiary/aromatic N) is 2. The van der Waals surface area contributed by atoms with E-state index in [1.165, 1.54) is 4.90 Å². The van der Waals surface area contributed by atoms with Gasteiger partial charge in [-0.05, 0) is 26.0 Å². The summed E-state index contributed by atoms with van der Waals surface area (Å²) in [7, 11) is 0. The van der Waals surface area contributed by atoms with E-state index in [2.05, 4.69) is 10.5 Å². The molecule has 2 fully saturated rings. The van der Waals surface area contributed by atoms with E-state index in [1.54, 1.807) is 32.0 Å². The molecule has 3 heterocycles. The van der Waals surface area contributed by atoms with Gasteiger partial charge in [0.05, 0.1) is 21.4 Å². The molecule has 4 atom stereocenters. The number of thioether (sulfide) groups is 1. The van der Waals surface area contributed by atoms with Gasteiger partial charge in [0, 0.05) is 5.56 Å². The molecule has 1 aromatic carbocycles. The van der Waals surface area contributed by atoms with Crippen molar-refractivity contribution in [2.75, 3.05) is 6.61 Å². The Balaban J connectivity index is 1.62. The van der Waals surface area contributed by atoms with E-state index < -0.39 is 46.6 Å². The first-order valence-corrected chi connectivity index (χ1v) is 10.8. The molecule has 1 aromatic heterocycles. The van der Waals surface area contributed by atoms with Crippen LogP contribution in [-0.2, 0) is 9.59 Å². The smallest absolute Gasteiger partial charge is 0.328 e. The van der Waals surface area contributed by atoms with Gasteiger partial charge in [-0.2, -0.15) is 0 Å². The van der Waals surface area contributed by atoms with Crippen molar-refractivity contribution in [3.63, 3.8) is 0 Å². The molecule has 2 amide bonds. The zero-order valence-electron chi connectivity index (χ0n) is 16.3. The highest BCUT2D eigenvalue weighted by molar-refractivity contribution is 8.01. The van der Waals surface area contributed by atoms with Gasteiger partial charge >= 0.3 is 5.97 Å². The molecule has 2 aliphatic rings. The van der Waals surface area contributed by atoms with Crippen LogP contribution in [0.4, 0.5) is 0 Å². The Bertz CT molecular complexity index is 1090. The van der Waals surface area contributed by atoms with Crippen LogP contribution >= 0.6 is 35.0 Å². The summed E-state index contributed by atoms with van der Waals surface area (Å²) in [5.41, 5.74) is 0.532. The van der Waals surface area contributed by atoms with Crippen molar-refractivity contribution in [2.45, 2.75) is 36.1 Å². The zero-order valence-corrected chi connectivity index (χ0v) is 18.6. The summed E-state index contributed by atoms with van der Waals surface area (Å²) in [5, 5.41) is 25.7. The number of hydrogen-bond donors (Lipinski definition) is 3. The van der Waals surface area contributed by atoms with Crippen molar-refractivity contribution in [1.29, 1.82) is 0 Å². The lowest BCUT2D eigenvalue weighted by molar-refractivity contribution is -0.160. The maximum Gasteiger partial charge on any atom is 0.328 e. The lowest BCUT2D eigenvalue weighted by Crippen LogP contribution is -2.70. The molecule has 0 bridgehead atoms. The number of carboxylic acid groups (broad SMARTS) is 1. The molecular formula is C19H17Cl2N3O6S. The fourth-order valence-corrected chi connectivity index (χ4v) is 6.11. The monoisotopic (exact) mass is 485 g/mol. The van der Waals surface area contributed by atoms with Crippen LogP contribution in [0, 0.1) is 6.92 Å². The van der Waals surface area contributed by atoms with Crippen LogP contribution < -0.4 is 5.32 Å². The van der Waals surface area contributed by atoms with E-state index in [1.807, 2.05) is 0 Å². The van der Waals surface area contributed by atoms with Crippen LogP contribution in [0.5, 0.6) is 0 Å². The van der Waals surface area contributed by atoms with E-state index in [0.29, 0.717) is 5.56 Å². The average Bonchev–Trinajstić information content (AvgIpc) is 3.22. The zero-order chi connectivity index (χ0) is 22.7. The van der Waals surface area contributed by atoms with E-state index in [0.717, 1.165) is 11.8 Å². The van der Waals surface area contributed by atoms with Crippen molar-refractivity contribution in [3.8, 4) is 11.3 Å². The molecule has 2 saturated heterocycles. The third-order valence-corrected chi connectivity index (χ3v) is 7.71. The molecule has 9 nitrogen and oxygen atoms in total. The topological polar surface area (TPSA) is 133 Å². The van der Waals surface area contributed by atoms with Gasteiger partial charge in [0.2, 0.25) is 5.91 Å². The highest BCUT2D eigenvalue weighted by atomic mass is 35.5. The number of aliphatic hydroxyl groups is 1. The predicted molar refractivity (Wildman–Crippen MR) is 113 cm³/mol. The third kappa shape index (κ3) is 3.29. The normalized spacial score (nSPS) is 27.1. The lowest BCUT2D eigenvalue weighted by atomic mass is 9.95. The average molecular weight is 486 g/mol. The molecule has 164 valence electrons. The molecule has 0 spiro atoms. The summed E-state index contributed by atoms with van der Waals surface area (Å²) < 4.78 is 4.10. The first-order valence-electron chi connectivity index (χ1n) is 9.16. The molecule has 31 heavy (non-hydrogen) atoms. The second-order valence-corrected chi connectivity index (χ2v) is 9.94. The molecule has 4 rings (SSSR count). The van der Waals surface area contributed by atoms with Crippen LogP contribution in [0.2, 0.25) is 10.0 Å². The van der Waals surface area contributed by atoms with Gasteiger partial charge in [-0.3, -0.25) is 9.59 Å². The van der Waals surface area contributed by atoms with Crippen molar-refractivity contribution >= 4 is 52.7 Å². The van der Waals surface area contributed by atoms with Gasteiger partial charge < -0.3 is 25.0 Å². The number of benzene rings is 1. The minimum absolute atomic E-state index is 0.0731. The van der Waals surface area contributed by atoms with Crippen LogP contribution in [-0.4, -0.2) is 66.9 Å². The SMILES string of the molecule is Cc1onc(-c2c(Cl)cccc2Cl)c1C(=O)N[C@@H]1C(=O)N2[C@@H]1SC(C)(CO)[C@@H]2C(=O)O. The summed E-state index contributed by atoms with van der Waals surface area (Å²) >= 11 is 13.6. The maximum absolute atomic E-state index is 13.1. The molecule has 0 radical (unpaired) electrons. The molecule has 1 unspecified atom stereocenters. The largest absolute Gasteiger partial charge is 0.480 e. The summed E-state index contributed by atoms with van der Waals surface area (Å²) in [6.45, 7) is 2.68. The number of amides is 2. The Labute approximate surface area is 190 Å². The molecule has 2 aromatic rings. The van der Waals surface area contributed by atoms with Crippen molar-refractivity contribution in [3.05, 3.63) is 39.6 Å². The number of rotatable bonds is 5.